The number of hydrogen-bond acceptors (Lipinski definition) is 4. The molecule has 0 unspecified atom stereocenters. The zero-order valence-corrected chi connectivity index (χ0v) is 17.4. The van der Waals surface area contributed by atoms with Crippen molar-refractivity contribution in [2.24, 2.45) is 0 Å². The topological polar surface area (TPSA) is 46.6 Å². The minimum absolute atomic E-state index is 0.0442. The largest absolute Gasteiger partial charge is 0.488 e. The first-order chi connectivity index (χ1) is 14.6. The number of carbonyl (C=O) groups is 2. The van der Waals surface area contributed by atoms with Gasteiger partial charge in [-0.2, -0.15) is 0 Å². The maximum atomic E-state index is 12.6. The number of terminal acetylenes is 1. The Bertz CT molecular complexity index is 1210. The molecule has 0 N–H and O–H groups in total. The number of carbonyl (C=O) groups excluding carboxylic acids is 2. The molecule has 1 heterocycles. The highest BCUT2D eigenvalue weighted by molar-refractivity contribution is 8.18. The molecule has 0 aromatic heterocycles. The van der Waals surface area contributed by atoms with Gasteiger partial charge >= 0.3 is 0 Å². The molecule has 0 bridgehead atoms. The molecular formula is C24H16ClNO3S. The fraction of sp³-hybridized carbons (Fsp3) is 0.0833. The predicted octanol–water partition coefficient (Wildman–Crippen LogP) is 5.74. The number of benzene rings is 3. The molecule has 1 aliphatic heterocycles. The second-order valence-corrected chi connectivity index (χ2v) is 8.02. The molecule has 4 rings (SSSR count). The second-order valence-electron chi connectivity index (χ2n) is 6.59. The first-order valence-corrected chi connectivity index (χ1v) is 10.3. The van der Waals surface area contributed by atoms with Crippen LogP contribution in [0.5, 0.6) is 5.75 Å². The van der Waals surface area contributed by atoms with Crippen LogP contribution >= 0.6 is 23.4 Å². The Balaban J connectivity index is 1.73. The van der Waals surface area contributed by atoms with Gasteiger partial charge in [-0.25, -0.2) is 0 Å². The summed E-state index contributed by atoms with van der Waals surface area (Å²) in [6.07, 6.45) is 6.99. The Hall–Kier alpha value is -3.20. The zero-order chi connectivity index (χ0) is 21.1. The van der Waals surface area contributed by atoms with Crippen LogP contribution in [-0.4, -0.2) is 22.6 Å². The molecule has 148 valence electrons. The molecule has 0 spiro atoms. The fourth-order valence-corrected chi connectivity index (χ4v) is 4.10. The maximum Gasteiger partial charge on any atom is 0.294 e. The number of ether oxygens (including phenoxy) is 1. The smallest absolute Gasteiger partial charge is 0.294 e. The molecule has 3 aromatic carbocycles. The van der Waals surface area contributed by atoms with Gasteiger partial charge in [0.1, 0.15) is 12.4 Å². The summed E-state index contributed by atoms with van der Waals surface area (Å²) in [4.78, 5) is 26.2. The van der Waals surface area contributed by atoms with Crippen LogP contribution in [0.3, 0.4) is 0 Å². The van der Waals surface area contributed by atoms with E-state index in [1.54, 1.807) is 6.08 Å². The summed E-state index contributed by atoms with van der Waals surface area (Å²) in [6.45, 7) is 0.298. The summed E-state index contributed by atoms with van der Waals surface area (Å²) >= 11 is 6.83. The van der Waals surface area contributed by atoms with E-state index in [4.69, 9.17) is 22.8 Å². The van der Waals surface area contributed by atoms with E-state index in [0.717, 1.165) is 38.6 Å². The zero-order valence-electron chi connectivity index (χ0n) is 15.8. The van der Waals surface area contributed by atoms with Crippen molar-refractivity contribution >= 4 is 51.4 Å². The third-order valence-corrected chi connectivity index (χ3v) is 5.80. The van der Waals surface area contributed by atoms with Crippen LogP contribution in [0.25, 0.3) is 16.8 Å². The van der Waals surface area contributed by atoms with Gasteiger partial charge in [0.25, 0.3) is 11.1 Å². The summed E-state index contributed by atoms with van der Waals surface area (Å²) in [5, 5.41) is 2.22. The minimum atomic E-state index is -0.389. The van der Waals surface area contributed by atoms with Crippen molar-refractivity contribution in [2.75, 3.05) is 6.54 Å². The summed E-state index contributed by atoms with van der Waals surface area (Å²) in [7, 11) is 0. The monoisotopic (exact) mass is 433 g/mol. The lowest BCUT2D eigenvalue weighted by atomic mass is 10.0. The molecule has 0 aliphatic carbocycles. The van der Waals surface area contributed by atoms with E-state index in [1.807, 2.05) is 60.7 Å². The van der Waals surface area contributed by atoms with Crippen molar-refractivity contribution in [2.45, 2.75) is 6.61 Å². The van der Waals surface area contributed by atoms with Crippen molar-refractivity contribution in [1.82, 2.24) is 4.90 Å². The van der Waals surface area contributed by atoms with Crippen molar-refractivity contribution in [3.63, 3.8) is 0 Å². The van der Waals surface area contributed by atoms with Crippen molar-refractivity contribution in [1.29, 1.82) is 0 Å². The summed E-state index contributed by atoms with van der Waals surface area (Å²) in [5.74, 6) is 2.58. The van der Waals surface area contributed by atoms with Gasteiger partial charge in [-0.3, -0.25) is 14.5 Å². The molecule has 0 saturated carbocycles. The molecule has 0 radical (unpaired) electrons. The SMILES string of the molecule is C#CCN1C(=O)S/C(=C/c2c(OCc3ccc(Cl)cc3)ccc3ccccc23)C1=O. The van der Waals surface area contributed by atoms with Gasteiger partial charge in [0.15, 0.2) is 0 Å². The third-order valence-electron chi connectivity index (χ3n) is 4.64. The Labute approximate surface area is 183 Å². The molecule has 4 nitrogen and oxygen atoms in total. The van der Waals surface area contributed by atoms with Gasteiger partial charge in [0.05, 0.1) is 11.4 Å². The number of fused-ring (bicyclic) bond motifs is 1. The fourth-order valence-electron chi connectivity index (χ4n) is 3.15. The standard InChI is InChI=1S/C24H16ClNO3S/c1-2-13-26-23(27)22(30-24(26)28)14-20-19-6-4-3-5-17(19)9-12-21(20)29-15-16-7-10-18(25)11-8-16/h1,3-12,14H,13,15H2/b22-14+. The van der Waals surface area contributed by atoms with E-state index in [1.165, 1.54) is 0 Å². The van der Waals surface area contributed by atoms with E-state index >= 15 is 0 Å². The van der Waals surface area contributed by atoms with Crippen LogP contribution in [0, 0.1) is 12.3 Å². The Morgan fingerprint density at radius 1 is 1.07 bits per heavy atom. The lowest BCUT2D eigenvalue weighted by Gasteiger charge is -2.13. The summed E-state index contributed by atoms with van der Waals surface area (Å²) in [5.41, 5.74) is 1.71. The van der Waals surface area contributed by atoms with Crippen molar-refractivity contribution in [3.05, 3.63) is 81.7 Å². The molecule has 3 aromatic rings. The van der Waals surface area contributed by atoms with Crippen molar-refractivity contribution < 1.29 is 14.3 Å². The number of halogens is 1. The predicted molar refractivity (Wildman–Crippen MR) is 121 cm³/mol. The highest BCUT2D eigenvalue weighted by atomic mass is 35.5. The Kier molecular flexibility index (Phi) is 5.80. The van der Waals surface area contributed by atoms with Crippen LogP contribution < -0.4 is 4.74 Å². The number of amides is 2. The Morgan fingerprint density at radius 2 is 1.83 bits per heavy atom. The van der Waals surface area contributed by atoms with Gasteiger partial charge < -0.3 is 4.74 Å². The quantitative estimate of drug-likeness (QED) is 0.380. The first kappa shape index (κ1) is 20.1. The van der Waals surface area contributed by atoms with E-state index < -0.39 is 0 Å². The van der Waals surface area contributed by atoms with Gasteiger partial charge in [0, 0.05) is 10.6 Å². The van der Waals surface area contributed by atoms with Crippen molar-refractivity contribution in [3.8, 4) is 18.1 Å². The molecule has 6 heteroatoms. The number of nitrogens with zero attached hydrogens (tertiary/aromatic N) is 1. The molecular weight excluding hydrogens is 418 g/mol. The van der Waals surface area contributed by atoms with Crippen LogP contribution in [0.15, 0.2) is 65.6 Å². The average molecular weight is 434 g/mol. The number of thioether (sulfide) groups is 1. The minimum Gasteiger partial charge on any atom is -0.488 e. The number of rotatable bonds is 5. The lowest BCUT2D eigenvalue weighted by molar-refractivity contribution is -0.122. The van der Waals surface area contributed by atoms with Gasteiger partial charge in [-0.1, -0.05) is 60.0 Å². The van der Waals surface area contributed by atoms with E-state index in [0.29, 0.717) is 22.3 Å². The van der Waals surface area contributed by atoms with E-state index in [9.17, 15) is 9.59 Å². The van der Waals surface area contributed by atoms with Crippen LogP contribution in [-0.2, 0) is 11.4 Å². The molecule has 2 amide bonds. The molecule has 1 fully saturated rings. The highest BCUT2D eigenvalue weighted by Crippen LogP contribution is 2.37. The first-order valence-electron chi connectivity index (χ1n) is 9.14. The van der Waals surface area contributed by atoms with E-state index in [-0.39, 0.29) is 17.7 Å². The molecule has 30 heavy (non-hydrogen) atoms. The Morgan fingerprint density at radius 3 is 2.60 bits per heavy atom. The lowest BCUT2D eigenvalue weighted by Crippen LogP contribution is -2.28. The van der Waals surface area contributed by atoms with Gasteiger partial charge in [-0.05, 0) is 52.4 Å². The molecule has 1 aliphatic rings. The third kappa shape index (κ3) is 4.06. The number of hydrogen-bond donors (Lipinski definition) is 0. The normalized spacial score (nSPS) is 15.1. The molecule has 1 saturated heterocycles. The maximum absolute atomic E-state index is 12.6. The van der Waals surface area contributed by atoms with Gasteiger partial charge in [-0.15, -0.1) is 6.42 Å². The summed E-state index contributed by atoms with van der Waals surface area (Å²) < 4.78 is 6.08. The second kappa shape index (κ2) is 8.66. The van der Waals surface area contributed by atoms with Crippen LogP contribution in [0.1, 0.15) is 11.1 Å². The van der Waals surface area contributed by atoms with E-state index in [2.05, 4.69) is 5.92 Å². The summed E-state index contributed by atoms with van der Waals surface area (Å²) in [6, 6.07) is 19.1. The number of imide groups is 1. The molecule has 0 atom stereocenters. The average Bonchev–Trinajstić information content (AvgIpc) is 3.02. The van der Waals surface area contributed by atoms with Gasteiger partial charge in [0.2, 0.25) is 0 Å². The highest BCUT2D eigenvalue weighted by Gasteiger charge is 2.34. The van der Waals surface area contributed by atoms with Crippen LogP contribution in [0.2, 0.25) is 5.02 Å². The van der Waals surface area contributed by atoms with Crippen LogP contribution in [0.4, 0.5) is 4.79 Å².